The van der Waals surface area contributed by atoms with Crippen molar-refractivity contribution in [1.82, 2.24) is 10.6 Å². The quantitative estimate of drug-likeness (QED) is 0.218. The minimum absolute atomic E-state index is 0.537. The van der Waals surface area contributed by atoms with Crippen molar-refractivity contribution in [2.75, 3.05) is 0 Å². The highest BCUT2D eigenvalue weighted by Crippen LogP contribution is 2.05. The Kier molecular flexibility index (Phi) is 1.87. The number of rotatable bonds is 2. The van der Waals surface area contributed by atoms with Crippen molar-refractivity contribution in [3.05, 3.63) is 12.7 Å². The maximum Gasteiger partial charge on any atom is 0.322 e. The van der Waals surface area contributed by atoms with Gasteiger partial charge in [0.1, 0.15) is 11.7 Å². The average molecular weight is 170 g/mol. The van der Waals surface area contributed by atoms with Crippen LogP contribution in [0.1, 0.15) is 0 Å². The Morgan fingerprint density at radius 1 is 1.50 bits per heavy atom. The molecule has 12 heavy (non-hydrogen) atoms. The lowest BCUT2D eigenvalue weighted by atomic mass is 10.0. The van der Waals surface area contributed by atoms with Crippen LogP contribution in [0, 0.1) is 0 Å². The Bertz CT molecular complexity index is 248. The molecular weight excluding hydrogens is 160 g/mol. The van der Waals surface area contributed by atoms with Crippen LogP contribution in [0.2, 0.25) is 0 Å². The summed E-state index contributed by atoms with van der Waals surface area (Å²) in [6, 6.07) is -1.53. The molecule has 1 heterocycles. The summed E-state index contributed by atoms with van der Waals surface area (Å²) in [5.41, 5.74) is 9.51. The number of hydrogen-bond acceptors (Lipinski definition) is 4. The molecule has 1 rings (SSSR count). The SMILES string of the molecule is C=CC(N)(N)C1NC(=O)NC1=O. The molecule has 66 valence electrons. The first-order valence-corrected chi connectivity index (χ1v) is 3.30. The molecule has 0 spiro atoms. The van der Waals surface area contributed by atoms with Crippen LogP contribution in [-0.2, 0) is 4.79 Å². The Morgan fingerprint density at radius 2 is 2.08 bits per heavy atom. The van der Waals surface area contributed by atoms with E-state index in [2.05, 4.69) is 11.9 Å². The van der Waals surface area contributed by atoms with Crippen molar-refractivity contribution in [3.63, 3.8) is 0 Å². The molecule has 3 amide bonds. The summed E-state index contributed by atoms with van der Waals surface area (Å²) in [6.07, 6.45) is 1.21. The van der Waals surface area contributed by atoms with Gasteiger partial charge in [-0.05, 0) is 0 Å². The van der Waals surface area contributed by atoms with Crippen molar-refractivity contribution in [2.24, 2.45) is 11.5 Å². The summed E-state index contributed by atoms with van der Waals surface area (Å²) < 4.78 is 0. The van der Waals surface area contributed by atoms with Crippen LogP contribution >= 0.6 is 0 Å². The molecule has 0 radical (unpaired) electrons. The third-order valence-corrected chi connectivity index (χ3v) is 1.63. The zero-order valence-corrected chi connectivity index (χ0v) is 6.33. The number of urea groups is 1. The first-order valence-electron chi connectivity index (χ1n) is 3.30. The highest BCUT2D eigenvalue weighted by molar-refractivity contribution is 6.05. The number of hydrogen-bond donors (Lipinski definition) is 4. The molecule has 0 aromatic rings. The predicted octanol–water partition coefficient (Wildman–Crippen LogP) is -2.01. The zero-order valence-electron chi connectivity index (χ0n) is 6.33. The van der Waals surface area contributed by atoms with E-state index in [0.717, 1.165) is 0 Å². The molecule has 1 saturated heterocycles. The van der Waals surface area contributed by atoms with Crippen molar-refractivity contribution in [1.29, 1.82) is 0 Å². The van der Waals surface area contributed by atoms with Gasteiger partial charge in [0, 0.05) is 0 Å². The van der Waals surface area contributed by atoms with E-state index in [4.69, 9.17) is 11.5 Å². The lowest BCUT2D eigenvalue weighted by Gasteiger charge is -2.24. The van der Waals surface area contributed by atoms with Gasteiger partial charge in [0.05, 0.1) is 0 Å². The fraction of sp³-hybridized carbons (Fsp3) is 0.333. The van der Waals surface area contributed by atoms with Gasteiger partial charge < -0.3 is 16.8 Å². The van der Waals surface area contributed by atoms with Gasteiger partial charge in [0.2, 0.25) is 0 Å². The van der Waals surface area contributed by atoms with Crippen molar-refractivity contribution >= 4 is 11.9 Å². The molecule has 0 saturated carbocycles. The van der Waals surface area contributed by atoms with Crippen LogP contribution in [0.15, 0.2) is 12.7 Å². The standard InChI is InChI=1S/C6H10N4O2/c1-2-6(7,8)3-4(11)10-5(12)9-3/h2-3H,1,7-8H2,(H2,9,10,11,12). The van der Waals surface area contributed by atoms with Gasteiger partial charge in [-0.2, -0.15) is 0 Å². The topological polar surface area (TPSA) is 110 Å². The number of nitrogens with two attached hydrogens (primary N) is 2. The molecule has 1 atom stereocenters. The van der Waals surface area contributed by atoms with E-state index in [0.29, 0.717) is 0 Å². The van der Waals surface area contributed by atoms with E-state index in [1.54, 1.807) is 0 Å². The lowest BCUT2D eigenvalue weighted by Crippen LogP contribution is -2.63. The van der Waals surface area contributed by atoms with Gasteiger partial charge in [0.15, 0.2) is 0 Å². The second-order valence-electron chi connectivity index (χ2n) is 2.60. The van der Waals surface area contributed by atoms with E-state index in [-0.39, 0.29) is 0 Å². The molecule has 1 fully saturated rings. The number of amides is 3. The molecule has 6 heteroatoms. The fourth-order valence-electron chi connectivity index (χ4n) is 0.887. The average Bonchev–Trinajstić information content (AvgIpc) is 2.31. The van der Waals surface area contributed by atoms with Crippen molar-refractivity contribution in [3.8, 4) is 0 Å². The van der Waals surface area contributed by atoms with Gasteiger partial charge in [-0.25, -0.2) is 4.79 Å². The monoisotopic (exact) mass is 170 g/mol. The van der Waals surface area contributed by atoms with Crippen LogP contribution in [0.5, 0.6) is 0 Å². The normalized spacial score (nSPS) is 23.3. The summed E-state index contributed by atoms with van der Waals surface area (Å²) in [5.74, 6) is -0.537. The molecule has 1 aliphatic heterocycles. The van der Waals surface area contributed by atoms with Gasteiger partial charge >= 0.3 is 6.03 Å². The molecule has 0 aliphatic carbocycles. The number of carbonyl (C=O) groups excluding carboxylic acids is 2. The Morgan fingerprint density at radius 3 is 2.42 bits per heavy atom. The van der Waals surface area contributed by atoms with Crippen molar-refractivity contribution < 1.29 is 9.59 Å². The largest absolute Gasteiger partial charge is 0.323 e. The molecular formula is C6H10N4O2. The van der Waals surface area contributed by atoms with Crippen LogP contribution in [-0.4, -0.2) is 23.6 Å². The lowest BCUT2D eigenvalue weighted by molar-refractivity contribution is -0.121. The summed E-state index contributed by atoms with van der Waals surface area (Å²) >= 11 is 0. The maximum absolute atomic E-state index is 11.0. The van der Waals surface area contributed by atoms with E-state index in [1.165, 1.54) is 6.08 Å². The van der Waals surface area contributed by atoms with Crippen LogP contribution in [0.3, 0.4) is 0 Å². The second-order valence-corrected chi connectivity index (χ2v) is 2.60. The summed E-state index contributed by atoms with van der Waals surface area (Å²) in [4.78, 5) is 21.6. The minimum Gasteiger partial charge on any atom is -0.323 e. The first kappa shape index (κ1) is 8.69. The third-order valence-electron chi connectivity index (χ3n) is 1.63. The highest BCUT2D eigenvalue weighted by atomic mass is 16.2. The molecule has 1 unspecified atom stereocenters. The number of imide groups is 1. The van der Waals surface area contributed by atoms with Crippen LogP contribution < -0.4 is 22.1 Å². The molecule has 0 aromatic carbocycles. The molecule has 6 nitrogen and oxygen atoms in total. The Hall–Kier alpha value is -1.40. The van der Waals surface area contributed by atoms with Crippen LogP contribution in [0.4, 0.5) is 4.79 Å². The van der Waals surface area contributed by atoms with Crippen LogP contribution in [0.25, 0.3) is 0 Å². The van der Waals surface area contributed by atoms with Gasteiger partial charge in [0.25, 0.3) is 5.91 Å². The molecule has 0 bridgehead atoms. The van der Waals surface area contributed by atoms with Gasteiger partial charge in [-0.15, -0.1) is 0 Å². The zero-order chi connectivity index (χ0) is 9.35. The smallest absolute Gasteiger partial charge is 0.322 e. The summed E-state index contributed by atoms with van der Waals surface area (Å²) in [5, 5.41) is 4.28. The number of nitrogens with one attached hydrogen (secondary N) is 2. The second kappa shape index (κ2) is 2.58. The van der Waals surface area contributed by atoms with E-state index in [1.807, 2.05) is 5.32 Å². The number of carbonyl (C=O) groups is 2. The first-order chi connectivity index (χ1) is 5.47. The van der Waals surface area contributed by atoms with E-state index >= 15 is 0 Å². The van der Waals surface area contributed by atoms with E-state index in [9.17, 15) is 9.59 Å². The van der Waals surface area contributed by atoms with Crippen molar-refractivity contribution in [2.45, 2.75) is 11.7 Å². The van der Waals surface area contributed by atoms with Gasteiger partial charge in [-0.3, -0.25) is 10.1 Å². The van der Waals surface area contributed by atoms with E-state index < -0.39 is 23.6 Å². The Labute approximate surface area is 69.0 Å². The molecule has 1 aliphatic rings. The fourth-order valence-corrected chi connectivity index (χ4v) is 0.887. The molecule has 0 aromatic heterocycles. The predicted molar refractivity (Wildman–Crippen MR) is 41.8 cm³/mol. The van der Waals surface area contributed by atoms with Gasteiger partial charge in [-0.1, -0.05) is 12.7 Å². The molecule has 6 N–H and O–H groups in total. The Balaban J connectivity index is 2.83. The maximum atomic E-state index is 11.0. The summed E-state index contributed by atoms with van der Waals surface area (Å²) in [6.45, 7) is 3.36. The minimum atomic E-state index is -1.41. The third kappa shape index (κ3) is 1.29. The summed E-state index contributed by atoms with van der Waals surface area (Å²) in [7, 11) is 0. The highest BCUT2D eigenvalue weighted by Gasteiger charge is 2.40.